The number of nitrogens with zero attached hydrogens (tertiary/aromatic N) is 2. The number of fused-ring (bicyclic) bond motifs is 1. The summed E-state index contributed by atoms with van der Waals surface area (Å²) in [6.45, 7) is 11.1. The molecule has 0 spiro atoms. The summed E-state index contributed by atoms with van der Waals surface area (Å²) in [5.41, 5.74) is 0.727. The Balaban J connectivity index is 1.77. The molecule has 2 heterocycles. The lowest BCUT2D eigenvalue weighted by atomic mass is 9.91. The average Bonchev–Trinajstić information content (AvgIpc) is 3.18. The molecule has 9 nitrogen and oxygen atoms in total. The zero-order valence-corrected chi connectivity index (χ0v) is 21.0. The van der Waals surface area contributed by atoms with E-state index in [1.807, 2.05) is 51.1 Å². The Morgan fingerprint density at radius 1 is 1.00 bits per heavy atom. The number of benzene rings is 1. The quantitative estimate of drug-likeness (QED) is 0.279. The second-order valence-corrected chi connectivity index (χ2v) is 9.67. The van der Waals surface area contributed by atoms with Crippen molar-refractivity contribution in [3.8, 4) is 17.2 Å². The maximum absolute atomic E-state index is 12.3. The smallest absolute Gasteiger partial charge is 0.463 e. The van der Waals surface area contributed by atoms with E-state index in [1.165, 1.54) is 0 Å². The topological polar surface area (TPSA) is 110 Å². The van der Waals surface area contributed by atoms with Gasteiger partial charge in [-0.2, -0.15) is 0 Å². The van der Waals surface area contributed by atoms with Crippen LogP contribution in [0.2, 0.25) is 0 Å². The predicted molar refractivity (Wildman–Crippen MR) is 129 cm³/mol. The van der Waals surface area contributed by atoms with E-state index in [0.29, 0.717) is 23.4 Å². The summed E-state index contributed by atoms with van der Waals surface area (Å²) >= 11 is 0. The third-order valence-corrected chi connectivity index (χ3v) is 5.29. The lowest BCUT2D eigenvalue weighted by molar-refractivity contribution is -0.155. The number of carbonyl (C=O) groups excluding carboxylic acids is 2. The van der Waals surface area contributed by atoms with E-state index in [1.54, 1.807) is 26.8 Å². The van der Waals surface area contributed by atoms with Gasteiger partial charge in [0.25, 0.3) is 0 Å². The SMILES string of the molecule is CCC(C)(C)C(=O)OCCOCc1noc(OC(=O)OC(C)(C)C)c1-c1ccc2ccccc2n1. The van der Waals surface area contributed by atoms with Gasteiger partial charge in [0.2, 0.25) is 0 Å². The van der Waals surface area contributed by atoms with Crippen LogP contribution in [0, 0.1) is 5.41 Å². The molecule has 0 bridgehead atoms. The number of hydrogen-bond donors (Lipinski definition) is 0. The highest BCUT2D eigenvalue weighted by Gasteiger charge is 2.28. The molecular formula is C26H32N2O7. The summed E-state index contributed by atoms with van der Waals surface area (Å²) in [6.07, 6.45) is -0.248. The summed E-state index contributed by atoms with van der Waals surface area (Å²) in [6, 6.07) is 11.3. The third kappa shape index (κ3) is 7.02. The first-order valence-corrected chi connectivity index (χ1v) is 11.5. The van der Waals surface area contributed by atoms with E-state index in [4.69, 9.17) is 23.5 Å². The Hall–Kier alpha value is -3.46. The molecule has 0 saturated carbocycles. The van der Waals surface area contributed by atoms with Gasteiger partial charge in [-0.25, -0.2) is 9.78 Å². The van der Waals surface area contributed by atoms with Crippen molar-refractivity contribution in [3.63, 3.8) is 0 Å². The number of esters is 1. The molecule has 0 atom stereocenters. The van der Waals surface area contributed by atoms with Crippen LogP contribution in [0.5, 0.6) is 5.95 Å². The maximum Gasteiger partial charge on any atom is 0.516 e. The van der Waals surface area contributed by atoms with Gasteiger partial charge in [0.1, 0.15) is 23.5 Å². The fourth-order valence-electron chi connectivity index (χ4n) is 2.98. The van der Waals surface area contributed by atoms with Gasteiger partial charge in [0, 0.05) is 5.39 Å². The minimum absolute atomic E-state index is 0.0275. The molecule has 0 aliphatic rings. The normalized spacial score (nSPS) is 11.9. The minimum atomic E-state index is -0.923. The van der Waals surface area contributed by atoms with Crippen molar-refractivity contribution in [3.05, 3.63) is 42.1 Å². The molecule has 0 N–H and O–H groups in total. The second kappa shape index (κ2) is 10.9. The summed E-state index contributed by atoms with van der Waals surface area (Å²) < 4.78 is 26.8. The molecular weight excluding hydrogens is 452 g/mol. The first-order chi connectivity index (χ1) is 16.5. The second-order valence-electron chi connectivity index (χ2n) is 9.67. The van der Waals surface area contributed by atoms with E-state index in [0.717, 1.165) is 10.9 Å². The Labute approximate surface area is 204 Å². The van der Waals surface area contributed by atoms with Crippen molar-refractivity contribution in [1.82, 2.24) is 10.1 Å². The summed E-state index contributed by atoms with van der Waals surface area (Å²) in [5, 5.41) is 4.98. The summed E-state index contributed by atoms with van der Waals surface area (Å²) in [5.74, 6) is -0.420. The highest BCUT2D eigenvalue weighted by atomic mass is 16.8. The predicted octanol–water partition coefficient (Wildman–Crippen LogP) is 5.70. The Bertz CT molecular complexity index is 1180. The number of hydrogen-bond acceptors (Lipinski definition) is 9. The van der Waals surface area contributed by atoms with Crippen LogP contribution in [0.4, 0.5) is 4.79 Å². The van der Waals surface area contributed by atoms with Crippen LogP contribution in [0.1, 0.15) is 53.7 Å². The van der Waals surface area contributed by atoms with E-state index >= 15 is 0 Å². The molecule has 0 fully saturated rings. The molecule has 3 aromatic rings. The third-order valence-electron chi connectivity index (χ3n) is 5.29. The largest absolute Gasteiger partial charge is 0.516 e. The lowest BCUT2D eigenvalue weighted by Crippen LogP contribution is -2.27. The van der Waals surface area contributed by atoms with Gasteiger partial charge in [-0.15, -0.1) is 0 Å². The molecule has 0 radical (unpaired) electrons. The van der Waals surface area contributed by atoms with Crippen molar-refractivity contribution in [2.75, 3.05) is 13.2 Å². The zero-order valence-electron chi connectivity index (χ0n) is 21.0. The number of ether oxygens (including phenoxy) is 4. The zero-order chi connectivity index (χ0) is 25.6. The highest BCUT2D eigenvalue weighted by molar-refractivity contribution is 5.83. The van der Waals surface area contributed by atoms with Crippen LogP contribution in [-0.2, 0) is 25.6 Å². The van der Waals surface area contributed by atoms with Crippen molar-refractivity contribution >= 4 is 23.0 Å². The Kier molecular flexibility index (Phi) is 8.11. The molecule has 9 heteroatoms. The number of rotatable bonds is 9. The van der Waals surface area contributed by atoms with Crippen LogP contribution in [0.25, 0.3) is 22.2 Å². The Morgan fingerprint density at radius 3 is 2.46 bits per heavy atom. The molecule has 0 aliphatic heterocycles. The van der Waals surface area contributed by atoms with E-state index < -0.39 is 17.2 Å². The molecule has 0 aliphatic carbocycles. The number of para-hydroxylation sites is 1. The monoisotopic (exact) mass is 484 g/mol. The van der Waals surface area contributed by atoms with E-state index in [2.05, 4.69) is 10.1 Å². The molecule has 35 heavy (non-hydrogen) atoms. The van der Waals surface area contributed by atoms with Gasteiger partial charge < -0.3 is 23.5 Å². The first-order valence-electron chi connectivity index (χ1n) is 11.5. The maximum atomic E-state index is 12.3. The first kappa shape index (κ1) is 26.2. The molecule has 3 rings (SSSR count). The molecule has 0 saturated heterocycles. The summed E-state index contributed by atoms with van der Waals surface area (Å²) in [4.78, 5) is 29.0. The number of pyridine rings is 1. The van der Waals surface area contributed by atoms with Gasteiger partial charge in [0.05, 0.1) is 29.8 Å². The van der Waals surface area contributed by atoms with Gasteiger partial charge in [-0.3, -0.25) is 4.79 Å². The van der Waals surface area contributed by atoms with E-state index in [-0.39, 0.29) is 31.7 Å². The minimum Gasteiger partial charge on any atom is -0.463 e. The molecule has 188 valence electrons. The van der Waals surface area contributed by atoms with Crippen molar-refractivity contribution in [2.45, 2.75) is 60.2 Å². The van der Waals surface area contributed by atoms with Crippen molar-refractivity contribution < 1.29 is 33.1 Å². The Morgan fingerprint density at radius 2 is 1.74 bits per heavy atom. The van der Waals surface area contributed by atoms with Crippen LogP contribution >= 0.6 is 0 Å². The highest BCUT2D eigenvalue weighted by Crippen LogP contribution is 2.34. The molecule has 1 aromatic carbocycles. The standard InChI is InChI=1S/C26H32N2O7/c1-7-26(5,6)23(29)32-15-14-31-16-20-21(19-13-12-17-10-8-9-11-18(17)27-19)22(35-28-20)33-24(30)34-25(2,3)4/h8-13H,7,14-16H2,1-6H3. The van der Waals surface area contributed by atoms with Crippen LogP contribution in [-0.4, -0.2) is 41.1 Å². The van der Waals surface area contributed by atoms with Crippen molar-refractivity contribution in [2.24, 2.45) is 5.41 Å². The van der Waals surface area contributed by atoms with Crippen LogP contribution < -0.4 is 4.74 Å². The van der Waals surface area contributed by atoms with Gasteiger partial charge >= 0.3 is 18.1 Å². The number of carbonyl (C=O) groups is 2. The summed E-state index contributed by atoms with van der Waals surface area (Å²) in [7, 11) is 0. The van der Waals surface area contributed by atoms with Gasteiger partial charge in [-0.05, 0) is 53.2 Å². The van der Waals surface area contributed by atoms with E-state index in [9.17, 15) is 9.59 Å². The average molecular weight is 485 g/mol. The van der Waals surface area contributed by atoms with Gasteiger partial charge in [0.15, 0.2) is 0 Å². The lowest BCUT2D eigenvalue weighted by Gasteiger charge is -2.20. The fraction of sp³-hybridized carbons (Fsp3) is 0.462. The fourth-order valence-corrected chi connectivity index (χ4v) is 2.98. The molecule has 2 aromatic heterocycles. The van der Waals surface area contributed by atoms with Gasteiger partial charge in [-0.1, -0.05) is 36.3 Å². The number of aromatic nitrogens is 2. The van der Waals surface area contributed by atoms with Crippen LogP contribution in [0.3, 0.4) is 0 Å². The van der Waals surface area contributed by atoms with Crippen molar-refractivity contribution in [1.29, 1.82) is 0 Å². The molecule has 0 amide bonds. The molecule has 0 unspecified atom stereocenters. The van der Waals surface area contributed by atoms with Crippen LogP contribution in [0.15, 0.2) is 40.9 Å².